The molecule has 0 aromatic rings. The van der Waals surface area contributed by atoms with Crippen LogP contribution in [-0.2, 0) is 9.47 Å². The van der Waals surface area contributed by atoms with Gasteiger partial charge in [-0.1, -0.05) is 27.7 Å². The summed E-state index contributed by atoms with van der Waals surface area (Å²) in [5.41, 5.74) is 0. The molecular weight excluding hydrogens is 400 g/mol. The third-order valence-corrected chi connectivity index (χ3v) is 11.2. The molecule has 0 aromatic heterocycles. The molecular formula is C28H50O2S. The van der Waals surface area contributed by atoms with E-state index in [0.29, 0.717) is 24.4 Å². The minimum atomic E-state index is 0.547. The standard InChI is InChI=1S/C28H50O2S/c1-19-5-7-25(17-21(19)3)29-23-9-13-27(14-10-23)31-28-15-11-24(12-16-28)30-26-8-6-20(2)22(4)18-26/h19-28H,5-18H2,1-4H3. The first kappa shape index (κ1) is 24.4. The van der Waals surface area contributed by atoms with Crippen molar-refractivity contribution in [1.82, 2.24) is 0 Å². The average Bonchev–Trinajstić information content (AvgIpc) is 2.76. The van der Waals surface area contributed by atoms with E-state index in [4.69, 9.17) is 9.47 Å². The fourth-order valence-corrected chi connectivity index (χ4v) is 8.30. The Bertz CT molecular complexity index is 477. The average molecular weight is 451 g/mol. The van der Waals surface area contributed by atoms with E-state index < -0.39 is 0 Å². The van der Waals surface area contributed by atoms with Crippen molar-refractivity contribution in [2.24, 2.45) is 23.7 Å². The van der Waals surface area contributed by atoms with E-state index >= 15 is 0 Å². The zero-order chi connectivity index (χ0) is 21.8. The molecule has 0 bridgehead atoms. The highest BCUT2D eigenvalue weighted by Crippen LogP contribution is 2.40. The summed E-state index contributed by atoms with van der Waals surface area (Å²) in [4.78, 5) is 0. The Morgan fingerprint density at radius 3 is 1.13 bits per heavy atom. The topological polar surface area (TPSA) is 18.5 Å². The minimum absolute atomic E-state index is 0.547. The van der Waals surface area contributed by atoms with Crippen molar-refractivity contribution >= 4 is 11.8 Å². The summed E-state index contributed by atoms with van der Waals surface area (Å²) in [5.74, 6) is 3.47. The summed E-state index contributed by atoms with van der Waals surface area (Å²) in [6, 6.07) is 0. The first-order valence-electron chi connectivity index (χ1n) is 13.9. The van der Waals surface area contributed by atoms with E-state index in [0.717, 1.165) is 34.2 Å². The minimum Gasteiger partial charge on any atom is -0.375 e. The second-order valence-electron chi connectivity index (χ2n) is 12.0. The summed E-state index contributed by atoms with van der Waals surface area (Å²) < 4.78 is 13.1. The summed E-state index contributed by atoms with van der Waals surface area (Å²) in [6.07, 6.45) is 20.8. The number of thioether (sulfide) groups is 1. The Hall–Kier alpha value is 0.270. The molecule has 0 spiro atoms. The van der Waals surface area contributed by atoms with Crippen LogP contribution in [0.3, 0.4) is 0 Å². The van der Waals surface area contributed by atoms with Crippen LogP contribution in [0.1, 0.15) is 118 Å². The second kappa shape index (κ2) is 11.6. The Morgan fingerprint density at radius 1 is 0.419 bits per heavy atom. The van der Waals surface area contributed by atoms with E-state index in [1.807, 2.05) is 0 Å². The van der Waals surface area contributed by atoms with Gasteiger partial charge in [-0.15, -0.1) is 0 Å². The van der Waals surface area contributed by atoms with E-state index in [-0.39, 0.29) is 0 Å². The molecule has 6 unspecified atom stereocenters. The van der Waals surface area contributed by atoms with Gasteiger partial charge in [-0.25, -0.2) is 0 Å². The molecule has 0 N–H and O–H groups in total. The van der Waals surface area contributed by atoms with Crippen molar-refractivity contribution in [2.45, 2.75) is 153 Å². The Balaban J connectivity index is 1.09. The highest BCUT2D eigenvalue weighted by Gasteiger charge is 2.32. The van der Waals surface area contributed by atoms with Crippen molar-refractivity contribution in [3.8, 4) is 0 Å². The lowest BCUT2D eigenvalue weighted by atomic mass is 9.80. The summed E-state index contributed by atoms with van der Waals surface area (Å²) >= 11 is 2.33. The van der Waals surface area contributed by atoms with Crippen LogP contribution in [0.2, 0.25) is 0 Å². The van der Waals surface area contributed by atoms with E-state index in [9.17, 15) is 0 Å². The molecule has 4 aliphatic rings. The Kier molecular flexibility index (Phi) is 9.13. The number of rotatable bonds is 6. The molecule has 0 heterocycles. The second-order valence-corrected chi connectivity index (χ2v) is 13.6. The maximum atomic E-state index is 6.56. The molecule has 3 heteroatoms. The van der Waals surface area contributed by atoms with E-state index in [1.165, 1.54) is 89.9 Å². The third kappa shape index (κ3) is 7.12. The molecule has 4 saturated carbocycles. The van der Waals surface area contributed by atoms with Crippen molar-refractivity contribution in [3.63, 3.8) is 0 Å². The number of hydrogen-bond donors (Lipinski definition) is 0. The zero-order valence-electron chi connectivity index (χ0n) is 20.9. The highest BCUT2D eigenvalue weighted by molar-refractivity contribution is 8.00. The molecule has 4 aliphatic carbocycles. The van der Waals surface area contributed by atoms with Crippen molar-refractivity contribution in [1.29, 1.82) is 0 Å². The molecule has 0 saturated heterocycles. The Labute approximate surface area is 197 Å². The fraction of sp³-hybridized carbons (Fsp3) is 1.00. The molecule has 4 fully saturated rings. The van der Waals surface area contributed by atoms with Gasteiger partial charge in [-0.2, -0.15) is 11.8 Å². The van der Waals surface area contributed by atoms with Gasteiger partial charge >= 0.3 is 0 Å². The molecule has 0 radical (unpaired) electrons. The molecule has 2 nitrogen and oxygen atoms in total. The van der Waals surface area contributed by atoms with Gasteiger partial charge in [0.25, 0.3) is 0 Å². The van der Waals surface area contributed by atoms with Crippen LogP contribution in [0.5, 0.6) is 0 Å². The molecule has 0 aliphatic heterocycles. The van der Waals surface area contributed by atoms with Crippen LogP contribution in [-0.4, -0.2) is 34.9 Å². The highest BCUT2D eigenvalue weighted by atomic mass is 32.2. The van der Waals surface area contributed by atoms with Crippen LogP contribution in [0.15, 0.2) is 0 Å². The van der Waals surface area contributed by atoms with Gasteiger partial charge in [0.2, 0.25) is 0 Å². The lowest BCUT2D eigenvalue weighted by molar-refractivity contribution is -0.0602. The molecule has 0 amide bonds. The zero-order valence-corrected chi connectivity index (χ0v) is 21.7. The molecule has 180 valence electrons. The fourth-order valence-electron chi connectivity index (χ4n) is 6.67. The molecule has 0 aromatic carbocycles. The monoisotopic (exact) mass is 450 g/mol. The largest absolute Gasteiger partial charge is 0.375 e. The van der Waals surface area contributed by atoms with Crippen molar-refractivity contribution in [3.05, 3.63) is 0 Å². The van der Waals surface area contributed by atoms with Gasteiger partial charge < -0.3 is 9.47 Å². The first-order chi connectivity index (χ1) is 15.0. The summed E-state index contributed by atoms with van der Waals surface area (Å²) in [6.45, 7) is 9.67. The maximum Gasteiger partial charge on any atom is 0.0581 e. The van der Waals surface area contributed by atoms with Gasteiger partial charge in [-0.05, 0) is 114 Å². The third-order valence-electron chi connectivity index (χ3n) is 9.50. The maximum absolute atomic E-state index is 6.56. The number of ether oxygens (including phenoxy) is 2. The van der Waals surface area contributed by atoms with Crippen LogP contribution >= 0.6 is 11.8 Å². The molecule has 31 heavy (non-hydrogen) atoms. The van der Waals surface area contributed by atoms with Crippen molar-refractivity contribution < 1.29 is 9.47 Å². The van der Waals surface area contributed by atoms with Crippen LogP contribution in [0.25, 0.3) is 0 Å². The number of hydrogen-bond acceptors (Lipinski definition) is 3. The lowest BCUT2D eigenvalue weighted by Crippen LogP contribution is -2.34. The summed E-state index contributed by atoms with van der Waals surface area (Å²) in [5, 5.41) is 1.77. The van der Waals surface area contributed by atoms with Crippen molar-refractivity contribution in [2.75, 3.05) is 0 Å². The predicted molar refractivity (Wildman–Crippen MR) is 134 cm³/mol. The van der Waals surface area contributed by atoms with E-state index in [1.54, 1.807) is 0 Å². The van der Waals surface area contributed by atoms with Gasteiger partial charge in [0, 0.05) is 10.5 Å². The normalized spacial score (nSPS) is 47.2. The summed E-state index contributed by atoms with van der Waals surface area (Å²) in [7, 11) is 0. The predicted octanol–water partition coefficient (Wildman–Crippen LogP) is 8.02. The van der Waals surface area contributed by atoms with Gasteiger partial charge in [0.1, 0.15) is 0 Å². The smallest absolute Gasteiger partial charge is 0.0581 e. The Morgan fingerprint density at radius 2 is 0.774 bits per heavy atom. The molecule has 4 rings (SSSR count). The van der Waals surface area contributed by atoms with Crippen LogP contribution in [0, 0.1) is 23.7 Å². The van der Waals surface area contributed by atoms with Crippen LogP contribution < -0.4 is 0 Å². The SMILES string of the molecule is CC1CCC(OC2CCC(SC3CCC(OC4CCC(C)C(C)C4)CC3)CC2)CC1C. The molecule has 6 atom stereocenters. The van der Waals surface area contributed by atoms with Gasteiger partial charge in [-0.3, -0.25) is 0 Å². The van der Waals surface area contributed by atoms with Crippen LogP contribution in [0.4, 0.5) is 0 Å². The quantitative estimate of drug-likeness (QED) is 0.408. The van der Waals surface area contributed by atoms with Gasteiger partial charge in [0.05, 0.1) is 24.4 Å². The first-order valence-corrected chi connectivity index (χ1v) is 14.9. The van der Waals surface area contributed by atoms with Gasteiger partial charge in [0.15, 0.2) is 0 Å². The van der Waals surface area contributed by atoms with E-state index in [2.05, 4.69) is 39.5 Å². The lowest BCUT2D eigenvalue weighted by Gasteiger charge is -2.38.